The number of alkyl halides is 6. The molecule has 1 aromatic rings. The number of phenols is 1. The van der Waals surface area contributed by atoms with Crippen molar-refractivity contribution in [2.45, 2.75) is 134 Å². The van der Waals surface area contributed by atoms with E-state index in [2.05, 4.69) is 18.9 Å². The van der Waals surface area contributed by atoms with Crippen LogP contribution in [0.3, 0.4) is 0 Å². The van der Waals surface area contributed by atoms with Crippen molar-refractivity contribution in [2.24, 2.45) is 23.2 Å². The van der Waals surface area contributed by atoms with E-state index in [0.717, 1.165) is 75.6 Å². The van der Waals surface area contributed by atoms with Crippen LogP contribution in [0.1, 0.15) is 114 Å². The number of halogens is 6. The number of rotatable bonds is 14. The third kappa shape index (κ3) is 7.50. The van der Waals surface area contributed by atoms with E-state index in [1.165, 1.54) is 0 Å². The molecule has 0 bridgehead atoms. The predicted molar refractivity (Wildman–Crippen MR) is 157 cm³/mol. The van der Waals surface area contributed by atoms with Gasteiger partial charge in [-0.2, -0.15) is 22.0 Å². The Morgan fingerprint density at radius 1 is 0.930 bits per heavy atom. The van der Waals surface area contributed by atoms with Crippen molar-refractivity contribution >= 4 is 0 Å². The van der Waals surface area contributed by atoms with E-state index >= 15 is 4.39 Å². The fourth-order valence-corrected chi connectivity index (χ4v) is 8.76. The number of phenolic OH excluding ortho intramolecular Hbond substituents is 1. The van der Waals surface area contributed by atoms with Gasteiger partial charge in [-0.1, -0.05) is 45.1 Å². The quantitative estimate of drug-likeness (QED) is 0.161. The third-order valence-electron chi connectivity index (χ3n) is 11.5. The van der Waals surface area contributed by atoms with Crippen LogP contribution in [0, 0.1) is 23.2 Å². The molecule has 3 aliphatic carbocycles. The number of hydrogen-bond acceptors (Lipinski definition) is 3. The van der Waals surface area contributed by atoms with Gasteiger partial charge in [-0.15, -0.1) is 0 Å². The molecule has 0 amide bonds. The number of aromatic hydroxyl groups is 1. The first-order valence-corrected chi connectivity index (χ1v) is 16.4. The number of fused-ring (bicyclic) bond motifs is 5. The second kappa shape index (κ2) is 13.5. The third-order valence-corrected chi connectivity index (χ3v) is 11.5. The summed E-state index contributed by atoms with van der Waals surface area (Å²) in [6, 6.07) is 5.41. The molecule has 0 aliphatic heterocycles. The monoisotopic (exact) mass is 619 g/mol. The lowest BCUT2D eigenvalue weighted by Crippen LogP contribution is -2.54. The minimum atomic E-state index is -5.46. The molecule has 43 heavy (non-hydrogen) atoms. The highest BCUT2D eigenvalue weighted by molar-refractivity contribution is 5.41. The highest BCUT2D eigenvalue weighted by atomic mass is 19.4. The Kier molecular flexibility index (Phi) is 10.8. The fourth-order valence-electron chi connectivity index (χ4n) is 8.76. The van der Waals surface area contributed by atoms with Crippen molar-refractivity contribution in [3.8, 4) is 5.75 Å². The van der Waals surface area contributed by atoms with E-state index in [-0.39, 0.29) is 29.9 Å². The van der Waals surface area contributed by atoms with Crippen LogP contribution >= 0.6 is 0 Å². The van der Waals surface area contributed by atoms with E-state index in [1.54, 1.807) is 6.07 Å². The lowest BCUT2D eigenvalue weighted by molar-refractivity contribution is -0.284. The van der Waals surface area contributed by atoms with Gasteiger partial charge in [0.25, 0.3) is 0 Å². The SMILES string of the molecule is CN(CCCCCCCC(F)(F)C(F)(F)F)CCCCC[C@@H]1Cc2cc(O)ccc2C2C1C1CC[C@](C)(O)[C@@]1(C)C[C@@H]2F. The molecule has 0 radical (unpaired) electrons. The summed E-state index contributed by atoms with van der Waals surface area (Å²) in [5, 5.41) is 21.4. The molecule has 3 nitrogen and oxygen atoms in total. The van der Waals surface area contributed by atoms with E-state index in [0.29, 0.717) is 31.6 Å². The highest BCUT2D eigenvalue weighted by Gasteiger charge is 2.63. The molecular formula is C34H51F6NO2. The molecular weight excluding hydrogens is 568 g/mol. The van der Waals surface area contributed by atoms with Crippen LogP contribution in [0.15, 0.2) is 18.2 Å². The number of benzene rings is 1. The smallest absolute Gasteiger partial charge is 0.453 e. The molecule has 9 heteroatoms. The summed E-state index contributed by atoms with van der Waals surface area (Å²) < 4.78 is 78.8. The molecule has 246 valence electrons. The van der Waals surface area contributed by atoms with Crippen LogP contribution < -0.4 is 0 Å². The van der Waals surface area contributed by atoms with Crippen LogP contribution in [0.4, 0.5) is 26.3 Å². The molecule has 2 N–H and O–H groups in total. The summed E-state index contributed by atoms with van der Waals surface area (Å²) in [6.07, 6.45) is 1.95. The zero-order valence-electron chi connectivity index (χ0n) is 26.0. The van der Waals surface area contributed by atoms with Crippen molar-refractivity contribution in [1.29, 1.82) is 0 Å². The molecule has 1 aromatic carbocycles. The van der Waals surface area contributed by atoms with Gasteiger partial charge < -0.3 is 15.1 Å². The topological polar surface area (TPSA) is 43.7 Å². The van der Waals surface area contributed by atoms with Crippen molar-refractivity contribution in [3.05, 3.63) is 29.3 Å². The van der Waals surface area contributed by atoms with Gasteiger partial charge in [0, 0.05) is 17.8 Å². The van der Waals surface area contributed by atoms with Crippen molar-refractivity contribution < 1.29 is 36.6 Å². The summed E-state index contributed by atoms with van der Waals surface area (Å²) in [4.78, 5) is 2.24. The van der Waals surface area contributed by atoms with Crippen molar-refractivity contribution in [3.63, 3.8) is 0 Å². The summed E-state index contributed by atoms with van der Waals surface area (Å²) in [5.41, 5.74) is 0.813. The highest BCUT2D eigenvalue weighted by Crippen LogP contribution is 2.66. The molecule has 0 spiro atoms. The number of nitrogens with zero attached hydrogens (tertiary/aromatic N) is 1. The largest absolute Gasteiger partial charge is 0.508 e. The van der Waals surface area contributed by atoms with Gasteiger partial charge in [0.05, 0.1) is 5.60 Å². The first kappa shape index (κ1) is 34.4. The summed E-state index contributed by atoms with van der Waals surface area (Å²) in [6.45, 7) is 5.78. The first-order valence-electron chi connectivity index (χ1n) is 16.4. The average Bonchev–Trinajstić information content (AvgIpc) is 3.14. The van der Waals surface area contributed by atoms with Crippen molar-refractivity contribution in [1.82, 2.24) is 4.90 Å². The molecule has 0 heterocycles. The summed E-state index contributed by atoms with van der Waals surface area (Å²) >= 11 is 0. The van der Waals surface area contributed by atoms with Gasteiger partial charge in [0.2, 0.25) is 0 Å². The Labute approximate surface area is 253 Å². The van der Waals surface area contributed by atoms with Crippen molar-refractivity contribution in [2.75, 3.05) is 20.1 Å². The van der Waals surface area contributed by atoms with Crippen LogP contribution in [0.5, 0.6) is 5.75 Å². The fraction of sp³-hybridized carbons (Fsp3) is 0.824. The van der Waals surface area contributed by atoms with Gasteiger partial charge in [-0.25, -0.2) is 4.39 Å². The Morgan fingerprint density at radius 2 is 1.56 bits per heavy atom. The van der Waals surface area contributed by atoms with E-state index in [1.807, 2.05) is 19.1 Å². The molecule has 2 fully saturated rings. The Balaban J connectivity index is 1.21. The van der Waals surface area contributed by atoms with E-state index in [9.17, 15) is 32.2 Å². The average molecular weight is 620 g/mol. The lowest BCUT2D eigenvalue weighted by atomic mass is 9.50. The molecule has 7 atom stereocenters. The Bertz CT molecular complexity index is 1060. The molecule has 0 saturated heterocycles. The predicted octanol–water partition coefficient (Wildman–Crippen LogP) is 9.20. The van der Waals surface area contributed by atoms with Gasteiger partial charge in [0.15, 0.2) is 0 Å². The summed E-state index contributed by atoms with van der Waals surface area (Å²) in [7, 11) is 2.05. The molecule has 2 saturated carbocycles. The molecule has 3 aliphatic rings. The number of aliphatic hydroxyl groups is 1. The Hall–Kier alpha value is -1.48. The van der Waals surface area contributed by atoms with Gasteiger partial charge in [0.1, 0.15) is 11.9 Å². The molecule has 4 rings (SSSR count). The van der Waals surface area contributed by atoms with Crippen LogP contribution in [0.25, 0.3) is 0 Å². The normalized spacial score (nSPS) is 32.5. The second-order valence-corrected chi connectivity index (χ2v) is 14.4. The second-order valence-electron chi connectivity index (χ2n) is 14.4. The van der Waals surface area contributed by atoms with Crippen LogP contribution in [-0.2, 0) is 6.42 Å². The first-order chi connectivity index (χ1) is 20.1. The maximum absolute atomic E-state index is 16.1. The van der Waals surface area contributed by atoms with Crippen LogP contribution in [0.2, 0.25) is 0 Å². The lowest BCUT2D eigenvalue weighted by Gasteiger charge is -2.56. The standard InChI is InChI=1S/C34H51F6NO2/c1-31-22-28(35)30-26-14-13-25(42)21-24(26)20-23(29(30)27(31)15-17-32(31,2)43)12-8-7-11-19-41(3)18-10-6-4-5-9-16-33(36,37)34(38,39)40/h13-14,21,23,27-30,42-43H,4-12,15-20,22H2,1-3H3/t23-,27?,28+,29?,30?,31+,32+/m1/s1. The number of unbranched alkanes of at least 4 members (excludes halogenated alkanes) is 6. The van der Waals surface area contributed by atoms with Gasteiger partial charge in [-0.3, -0.25) is 0 Å². The van der Waals surface area contributed by atoms with Crippen LogP contribution in [-0.4, -0.2) is 59.1 Å². The molecule has 3 unspecified atom stereocenters. The zero-order chi connectivity index (χ0) is 31.6. The zero-order valence-corrected chi connectivity index (χ0v) is 26.0. The van der Waals surface area contributed by atoms with E-state index < -0.39 is 35.7 Å². The maximum atomic E-state index is 16.1. The van der Waals surface area contributed by atoms with Gasteiger partial charge >= 0.3 is 12.1 Å². The Morgan fingerprint density at radius 3 is 2.23 bits per heavy atom. The van der Waals surface area contributed by atoms with Gasteiger partial charge in [-0.05, 0) is 119 Å². The molecule has 0 aromatic heterocycles. The van der Waals surface area contributed by atoms with E-state index in [4.69, 9.17) is 0 Å². The number of hydrogen-bond donors (Lipinski definition) is 2. The minimum Gasteiger partial charge on any atom is -0.508 e. The minimum absolute atomic E-state index is 0.122. The maximum Gasteiger partial charge on any atom is 0.453 e. The summed E-state index contributed by atoms with van der Waals surface area (Å²) in [5.74, 6) is -3.79.